The van der Waals surface area contributed by atoms with Crippen molar-refractivity contribution in [2.45, 2.75) is 20.8 Å². The summed E-state index contributed by atoms with van der Waals surface area (Å²) in [6.45, 7) is 6.03. The second kappa shape index (κ2) is 6.54. The van der Waals surface area contributed by atoms with Gasteiger partial charge in [0.15, 0.2) is 0 Å². The minimum absolute atomic E-state index is 0. The van der Waals surface area contributed by atoms with Crippen LogP contribution in [0.1, 0.15) is 19.5 Å². The molecule has 86 valence electrons. The number of rotatable bonds is 1. The molecule has 1 N–H and O–H groups in total. The zero-order valence-electron chi connectivity index (χ0n) is 9.56. The first-order valence-corrected chi connectivity index (χ1v) is 5.02. The van der Waals surface area contributed by atoms with Gasteiger partial charge in [-0.2, -0.15) is 0 Å². The zero-order chi connectivity index (χ0) is 10.6. The first-order valence-electron chi connectivity index (χ1n) is 5.02. The molecule has 0 aliphatic heterocycles. The Morgan fingerprint density at radius 2 is 1.60 bits per heavy atom. The summed E-state index contributed by atoms with van der Waals surface area (Å²) in [7, 11) is 1.90. The normalized spacial score (nSPS) is 8.80. The molecule has 2 rings (SSSR count). The number of aryl methyl sites for hydroxylation is 1. The molecule has 1 heterocycles. The Labute approximate surface area is 102 Å². The van der Waals surface area contributed by atoms with Crippen molar-refractivity contribution in [3.8, 4) is 0 Å². The minimum Gasteiger partial charge on any atom is -0.484 e. The van der Waals surface area contributed by atoms with Crippen LogP contribution in [0.15, 0.2) is 24.3 Å². The maximum atomic E-state index is 4.40. The molecule has 0 aliphatic carbocycles. The SMILES string of the molecule is CC.CNc1[n-]c(C)c2ccccc12.[Cu+]. The molecule has 0 bridgehead atoms. The zero-order valence-corrected chi connectivity index (χ0v) is 10.5. The maximum Gasteiger partial charge on any atom is 1.00 e. The predicted octanol–water partition coefficient (Wildman–Crippen LogP) is 3.17. The van der Waals surface area contributed by atoms with Gasteiger partial charge in [0.25, 0.3) is 0 Å². The van der Waals surface area contributed by atoms with Gasteiger partial charge in [-0.05, 0) is 17.7 Å². The molecule has 0 radical (unpaired) electrons. The summed E-state index contributed by atoms with van der Waals surface area (Å²) in [4.78, 5) is 4.40. The summed E-state index contributed by atoms with van der Waals surface area (Å²) >= 11 is 0. The Hall–Kier alpha value is -0.921. The van der Waals surface area contributed by atoms with E-state index in [2.05, 4.69) is 22.4 Å². The van der Waals surface area contributed by atoms with Crippen molar-refractivity contribution >= 4 is 16.6 Å². The molecule has 2 nitrogen and oxygen atoms in total. The topological polar surface area (TPSA) is 26.1 Å². The van der Waals surface area contributed by atoms with Crippen molar-refractivity contribution in [1.29, 1.82) is 0 Å². The van der Waals surface area contributed by atoms with Crippen molar-refractivity contribution in [2.75, 3.05) is 12.4 Å². The van der Waals surface area contributed by atoms with E-state index in [1.54, 1.807) is 0 Å². The molecule has 0 fully saturated rings. The van der Waals surface area contributed by atoms with Gasteiger partial charge in [-0.15, -0.1) is 0 Å². The number of hydrogen-bond donors (Lipinski definition) is 1. The van der Waals surface area contributed by atoms with Crippen LogP contribution in [0.4, 0.5) is 5.82 Å². The van der Waals surface area contributed by atoms with E-state index < -0.39 is 0 Å². The molecule has 0 saturated carbocycles. The summed E-state index contributed by atoms with van der Waals surface area (Å²) in [6.07, 6.45) is 0. The van der Waals surface area contributed by atoms with E-state index in [9.17, 15) is 0 Å². The first-order chi connectivity index (χ1) is 6.83. The molecule has 2 aromatic rings. The van der Waals surface area contributed by atoms with Gasteiger partial charge >= 0.3 is 17.1 Å². The van der Waals surface area contributed by atoms with E-state index in [1.165, 1.54) is 10.8 Å². The van der Waals surface area contributed by atoms with E-state index in [0.29, 0.717) is 0 Å². The number of hydrogen-bond acceptors (Lipinski definition) is 1. The fourth-order valence-electron chi connectivity index (χ4n) is 1.48. The molecular formula is C12H17CuN2. The summed E-state index contributed by atoms with van der Waals surface area (Å²) in [5, 5.41) is 5.52. The molecule has 0 amide bonds. The summed E-state index contributed by atoms with van der Waals surface area (Å²) in [5.41, 5.74) is 1.09. The van der Waals surface area contributed by atoms with Crippen molar-refractivity contribution in [2.24, 2.45) is 0 Å². The molecule has 0 atom stereocenters. The van der Waals surface area contributed by atoms with Crippen LogP contribution in [-0.4, -0.2) is 7.05 Å². The van der Waals surface area contributed by atoms with Crippen molar-refractivity contribution in [1.82, 2.24) is 4.98 Å². The van der Waals surface area contributed by atoms with Crippen LogP contribution in [0.25, 0.3) is 10.8 Å². The van der Waals surface area contributed by atoms with E-state index >= 15 is 0 Å². The molecular weight excluding hydrogens is 236 g/mol. The molecule has 1 aromatic carbocycles. The van der Waals surface area contributed by atoms with Crippen LogP contribution < -0.4 is 10.3 Å². The van der Waals surface area contributed by atoms with Crippen molar-refractivity contribution < 1.29 is 17.1 Å². The number of aromatic nitrogens is 1. The fraction of sp³-hybridized carbons (Fsp3) is 0.333. The predicted molar refractivity (Wildman–Crippen MR) is 62.9 cm³/mol. The monoisotopic (exact) mass is 252 g/mol. The second-order valence-electron chi connectivity index (χ2n) is 2.84. The number of fused-ring (bicyclic) bond motifs is 1. The number of nitrogens with one attached hydrogen (secondary N) is 1. The van der Waals surface area contributed by atoms with Gasteiger partial charge < -0.3 is 10.3 Å². The van der Waals surface area contributed by atoms with E-state index in [0.717, 1.165) is 11.5 Å². The Morgan fingerprint density at radius 3 is 2.13 bits per heavy atom. The minimum atomic E-state index is 0. The van der Waals surface area contributed by atoms with Crippen LogP contribution >= 0.6 is 0 Å². The molecule has 3 heteroatoms. The molecule has 15 heavy (non-hydrogen) atoms. The Balaban J connectivity index is 0.000000617. The van der Waals surface area contributed by atoms with Crippen molar-refractivity contribution in [3.05, 3.63) is 30.0 Å². The quantitative estimate of drug-likeness (QED) is 0.789. The largest absolute Gasteiger partial charge is 1.00 e. The summed E-state index contributed by atoms with van der Waals surface area (Å²) < 4.78 is 0. The summed E-state index contributed by atoms with van der Waals surface area (Å²) in [5.74, 6) is 0.975. The average molecular weight is 253 g/mol. The molecule has 1 aromatic heterocycles. The van der Waals surface area contributed by atoms with Crippen LogP contribution in [-0.2, 0) is 17.1 Å². The van der Waals surface area contributed by atoms with Crippen molar-refractivity contribution in [3.63, 3.8) is 0 Å². The van der Waals surface area contributed by atoms with Crippen LogP contribution in [0.3, 0.4) is 0 Å². The summed E-state index contributed by atoms with van der Waals surface area (Å²) in [6, 6.07) is 8.25. The van der Waals surface area contributed by atoms with Gasteiger partial charge in [0, 0.05) is 0 Å². The third kappa shape index (κ3) is 2.77. The Bertz CT molecular complexity index is 407. The van der Waals surface area contributed by atoms with E-state index in [1.807, 2.05) is 40.0 Å². The van der Waals surface area contributed by atoms with Gasteiger partial charge in [-0.1, -0.05) is 56.7 Å². The molecule has 0 aliphatic rings. The van der Waals surface area contributed by atoms with Gasteiger partial charge in [-0.3, -0.25) is 0 Å². The second-order valence-corrected chi connectivity index (χ2v) is 2.84. The smallest absolute Gasteiger partial charge is 0.484 e. The first kappa shape index (κ1) is 14.1. The third-order valence-corrected chi connectivity index (χ3v) is 2.09. The van der Waals surface area contributed by atoms with Crippen LogP contribution in [0.2, 0.25) is 0 Å². The Morgan fingerprint density at radius 1 is 1.07 bits per heavy atom. The van der Waals surface area contributed by atoms with Gasteiger partial charge in [0.2, 0.25) is 0 Å². The number of benzene rings is 1. The molecule has 0 saturated heterocycles. The van der Waals surface area contributed by atoms with E-state index in [4.69, 9.17) is 0 Å². The third-order valence-electron chi connectivity index (χ3n) is 2.09. The van der Waals surface area contributed by atoms with Gasteiger partial charge in [-0.25, -0.2) is 0 Å². The van der Waals surface area contributed by atoms with Gasteiger partial charge in [0.05, 0.1) is 0 Å². The molecule has 0 unspecified atom stereocenters. The van der Waals surface area contributed by atoms with Crippen LogP contribution in [0, 0.1) is 6.92 Å². The fourth-order valence-corrected chi connectivity index (χ4v) is 1.48. The molecule has 0 spiro atoms. The standard InChI is InChI=1S/C10H11N2.C2H6.Cu/c1-7-8-5-3-4-6-9(8)10(11-2)12-7;1-2;/h3-6,11H,1-2H3;1-2H3;/q-1;;+1. The van der Waals surface area contributed by atoms with Gasteiger partial charge in [0.1, 0.15) is 0 Å². The van der Waals surface area contributed by atoms with Crippen LogP contribution in [0.5, 0.6) is 0 Å². The average Bonchev–Trinajstić information content (AvgIpc) is 2.59. The number of nitrogens with zero attached hydrogens (tertiary/aromatic N) is 1. The van der Waals surface area contributed by atoms with E-state index in [-0.39, 0.29) is 17.1 Å². The Kier molecular flexibility index (Phi) is 6.14. The number of anilines is 1. The maximum absolute atomic E-state index is 4.40.